The van der Waals surface area contributed by atoms with Crippen LogP contribution in [0.2, 0.25) is 0 Å². The normalized spacial score (nSPS) is 11.4. The summed E-state index contributed by atoms with van der Waals surface area (Å²) in [7, 11) is -4.63. The fraction of sp³-hybridized carbons (Fsp3) is 0.194. The average Bonchev–Trinajstić information content (AvgIpc) is 3.42. The van der Waals surface area contributed by atoms with E-state index in [0.717, 1.165) is 6.20 Å². The van der Waals surface area contributed by atoms with Crippen LogP contribution in [0.25, 0.3) is 11.1 Å². The maximum Gasteiger partial charge on any atom is 0.422 e. The van der Waals surface area contributed by atoms with E-state index < -0.39 is 33.8 Å². The van der Waals surface area contributed by atoms with E-state index in [9.17, 15) is 22.8 Å². The molecule has 0 radical (unpaired) electrons. The highest BCUT2D eigenvalue weighted by Crippen LogP contribution is 2.28. The lowest BCUT2D eigenvalue weighted by Crippen LogP contribution is -2.36. The van der Waals surface area contributed by atoms with Gasteiger partial charge in [-0.05, 0) is 55.7 Å². The van der Waals surface area contributed by atoms with Crippen molar-refractivity contribution in [2.24, 2.45) is 0 Å². The van der Waals surface area contributed by atoms with E-state index in [1.165, 1.54) is 18.2 Å². The van der Waals surface area contributed by atoms with Gasteiger partial charge in [0.05, 0.1) is 5.56 Å². The van der Waals surface area contributed by atoms with Gasteiger partial charge in [0.2, 0.25) is 0 Å². The van der Waals surface area contributed by atoms with Crippen molar-refractivity contribution >= 4 is 28.2 Å². The van der Waals surface area contributed by atoms with Crippen LogP contribution >= 0.6 is 0 Å². The van der Waals surface area contributed by atoms with Crippen molar-refractivity contribution in [3.8, 4) is 11.1 Å². The molecule has 3 aromatic carbocycles. The molecule has 0 spiro atoms. The number of hydrogen-bond acceptors (Lipinski definition) is 8. The van der Waals surface area contributed by atoms with Crippen molar-refractivity contribution < 1.29 is 37.0 Å². The summed E-state index contributed by atoms with van der Waals surface area (Å²) in [6, 6.07) is 25.1. The lowest BCUT2D eigenvalue weighted by Gasteiger charge is -2.19. The monoisotopic (exact) mass is 590 g/mol. The highest BCUT2D eigenvalue weighted by Gasteiger charge is 2.29. The largest absolute Gasteiger partial charge is 0.456 e. The van der Waals surface area contributed by atoms with Gasteiger partial charge in [0.25, 0.3) is 0 Å². The number of amides is 1. The minimum Gasteiger partial charge on any atom is -0.456 e. The van der Waals surface area contributed by atoms with E-state index in [1.54, 1.807) is 87.5 Å². The highest BCUT2D eigenvalue weighted by atomic mass is 32.2. The summed E-state index contributed by atoms with van der Waals surface area (Å²) in [6.07, 6.45) is -0.0948. The van der Waals surface area contributed by atoms with Crippen molar-refractivity contribution in [2.45, 2.75) is 39.6 Å². The summed E-state index contributed by atoms with van der Waals surface area (Å²) in [5.41, 5.74) is 1.22. The molecule has 1 N–H and O–H groups in total. The summed E-state index contributed by atoms with van der Waals surface area (Å²) < 4.78 is 44.9. The summed E-state index contributed by atoms with van der Waals surface area (Å²) in [4.78, 5) is 38.2. The number of benzene rings is 3. The molecular formula is C31H30N2O8S. The molecule has 0 aliphatic heterocycles. The molecule has 218 valence electrons. The quantitative estimate of drug-likeness (QED) is 0.200. The molecule has 1 amide bonds. The lowest BCUT2D eigenvalue weighted by molar-refractivity contribution is 0.00691. The van der Waals surface area contributed by atoms with Crippen LogP contribution in [0.5, 0.6) is 0 Å². The Kier molecular flexibility index (Phi) is 9.12. The van der Waals surface area contributed by atoms with Crippen molar-refractivity contribution in [1.82, 2.24) is 8.69 Å². The van der Waals surface area contributed by atoms with E-state index >= 15 is 0 Å². The number of aromatic nitrogens is 1. The second kappa shape index (κ2) is 12.7. The Morgan fingerprint density at radius 2 is 1.29 bits per heavy atom. The number of esters is 2. The standard InChI is InChI=1S/C31H30N2O8S/c1-31(2,3)41-28(34)25-16-14-24(15-17-25)26-18-19-33(27(26)29(35)39-20-22-10-6-4-7-11-22)42(37,38)32-30(36)40-21-23-12-8-5-9-13-23/h4-19H,20-21H2,1-3H3,(H,32,36). The van der Waals surface area contributed by atoms with Gasteiger partial charge in [-0.25, -0.2) is 23.1 Å². The molecule has 11 heteroatoms. The van der Waals surface area contributed by atoms with Crippen LogP contribution in [-0.2, 0) is 37.6 Å². The molecule has 0 unspecified atom stereocenters. The third-order valence-electron chi connectivity index (χ3n) is 5.77. The fourth-order valence-corrected chi connectivity index (χ4v) is 4.87. The molecule has 0 bridgehead atoms. The first kappa shape index (κ1) is 30.1. The zero-order valence-corrected chi connectivity index (χ0v) is 24.1. The molecule has 42 heavy (non-hydrogen) atoms. The molecule has 0 saturated carbocycles. The molecular weight excluding hydrogens is 560 g/mol. The van der Waals surface area contributed by atoms with Crippen LogP contribution in [0.15, 0.2) is 97.2 Å². The number of hydrogen-bond donors (Lipinski definition) is 1. The van der Waals surface area contributed by atoms with Gasteiger partial charge < -0.3 is 14.2 Å². The van der Waals surface area contributed by atoms with Crippen molar-refractivity contribution in [1.29, 1.82) is 0 Å². The van der Waals surface area contributed by atoms with Gasteiger partial charge in [-0.2, -0.15) is 8.42 Å². The Morgan fingerprint density at radius 1 is 0.738 bits per heavy atom. The van der Waals surface area contributed by atoms with Crippen LogP contribution in [0.3, 0.4) is 0 Å². The Bertz CT molecular complexity index is 1660. The van der Waals surface area contributed by atoms with E-state index in [1.807, 2.05) is 10.8 Å². The number of carbonyl (C=O) groups excluding carboxylic acids is 3. The fourth-order valence-electron chi connectivity index (χ4n) is 3.87. The Morgan fingerprint density at radius 3 is 1.83 bits per heavy atom. The van der Waals surface area contributed by atoms with Crippen LogP contribution < -0.4 is 4.72 Å². The topological polar surface area (TPSA) is 130 Å². The number of nitrogens with one attached hydrogen (secondary N) is 1. The molecule has 0 aliphatic rings. The molecule has 0 aliphatic carbocycles. The van der Waals surface area contributed by atoms with E-state index in [0.29, 0.717) is 20.7 Å². The average molecular weight is 591 g/mol. The SMILES string of the molecule is CC(C)(C)OC(=O)c1ccc(-c2ccn(S(=O)(=O)NC(=O)OCc3ccccc3)c2C(=O)OCc2ccccc2)cc1. The third-order valence-corrected chi connectivity index (χ3v) is 7.02. The number of nitrogens with zero attached hydrogens (tertiary/aromatic N) is 1. The Labute approximate surface area is 244 Å². The summed E-state index contributed by atoms with van der Waals surface area (Å²) in [5, 5.41) is 0. The van der Waals surface area contributed by atoms with Crippen molar-refractivity contribution in [3.63, 3.8) is 0 Å². The molecule has 4 rings (SSSR count). The van der Waals surface area contributed by atoms with Crippen LogP contribution in [0.1, 0.15) is 52.7 Å². The van der Waals surface area contributed by atoms with E-state index in [-0.39, 0.29) is 30.0 Å². The predicted octanol–water partition coefficient (Wildman–Crippen LogP) is 5.49. The number of rotatable bonds is 9. The Balaban J connectivity index is 1.62. The maximum absolute atomic E-state index is 13.3. The minimum atomic E-state index is -4.63. The van der Waals surface area contributed by atoms with Gasteiger partial charge in [0.1, 0.15) is 18.8 Å². The van der Waals surface area contributed by atoms with Gasteiger partial charge in [0, 0.05) is 11.8 Å². The van der Waals surface area contributed by atoms with Crippen LogP contribution in [-0.4, -0.2) is 36.0 Å². The second-order valence-electron chi connectivity index (χ2n) is 10.2. The van der Waals surface area contributed by atoms with Crippen LogP contribution in [0, 0.1) is 0 Å². The predicted molar refractivity (Wildman–Crippen MR) is 155 cm³/mol. The molecule has 1 heterocycles. The Hall–Kier alpha value is -4.90. The van der Waals surface area contributed by atoms with Crippen LogP contribution in [0.4, 0.5) is 4.79 Å². The first-order valence-electron chi connectivity index (χ1n) is 12.9. The molecule has 0 fully saturated rings. The lowest BCUT2D eigenvalue weighted by atomic mass is 10.0. The number of ether oxygens (including phenoxy) is 3. The van der Waals surface area contributed by atoms with Gasteiger partial charge in [-0.15, -0.1) is 0 Å². The smallest absolute Gasteiger partial charge is 0.422 e. The minimum absolute atomic E-state index is 0.117. The zero-order chi connectivity index (χ0) is 30.3. The zero-order valence-electron chi connectivity index (χ0n) is 23.3. The van der Waals surface area contributed by atoms with Crippen molar-refractivity contribution in [2.75, 3.05) is 0 Å². The maximum atomic E-state index is 13.3. The summed E-state index contributed by atoms with van der Waals surface area (Å²) >= 11 is 0. The van der Waals surface area contributed by atoms with Gasteiger partial charge >= 0.3 is 28.2 Å². The first-order valence-corrected chi connectivity index (χ1v) is 14.4. The third kappa shape index (κ3) is 7.85. The summed E-state index contributed by atoms with van der Waals surface area (Å²) in [6.45, 7) is 4.98. The molecule has 1 aromatic heterocycles. The molecule has 0 atom stereocenters. The second-order valence-corrected chi connectivity index (χ2v) is 11.7. The number of carbonyl (C=O) groups is 3. The summed E-state index contributed by atoms with van der Waals surface area (Å²) in [5.74, 6) is -1.48. The van der Waals surface area contributed by atoms with E-state index in [2.05, 4.69) is 0 Å². The van der Waals surface area contributed by atoms with Crippen molar-refractivity contribution in [3.05, 3.63) is 120 Å². The van der Waals surface area contributed by atoms with Gasteiger partial charge in [0.15, 0.2) is 5.69 Å². The molecule has 0 saturated heterocycles. The van der Waals surface area contributed by atoms with E-state index in [4.69, 9.17) is 14.2 Å². The van der Waals surface area contributed by atoms with Gasteiger partial charge in [-0.1, -0.05) is 72.8 Å². The first-order chi connectivity index (χ1) is 19.9. The highest BCUT2D eigenvalue weighted by molar-refractivity contribution is 7.88. The van der Waals surface area contributed by atoms with Gasteiger partial charge in [-0.3, -0.25) is 0 Å². The molecule has 10 nitrogen and oxygen atoms in total. The molecule has 4 aromatic rings.